The third-order valence-electron chi connectivity index (χ3n) is 4.16. The van der Waals surface area contributed by atoms with Crippen molar-refractivity contribution in [3.05, 3.63) is 24.1 Å². The van der Waals surface area contributed by atoms with Gasteiger partial charge in [-0.2, -0.15) is 0 Å². The molecule has 2 unspecified atom stereocenters. The van der Waals surface area contributed by atoms with Gasteiger partial charge in [-0.1, -0.05) is 20.3 Å². The van der Waals surface area contributed by atoms with Crippen LogP contribution in [0.25, 0.3) is 11.1 Å². The van der Waals surface area contributed by atoms with E-state index in [1.54, 1.807) is 0 Å². The summed E-state index contributed by atoms with van der Waals surface area (Å²) in [5.41, 5.74) is 8.20. The summed E-state index contributed by atoms with van der Waals surface area (Å²) in [6.45, 7) is 4.01. The average Bonchev–Trinajstić information content (AvgIpc) is 3.25. The molecule has 2 atom stereocenters. The number of halogens is 1. The Morgan fingerprint density at radius 1 is 1.50 bits per heavy atom. The van der Waals surface area contributed by atoms with Crippen molar-refractivity contribution in [1.82, 2.24) is 4.98 Å². The molecule has 0 saturated heterocycles. The van der Waals surface area contributed by atoms with Crippen LogP contribution in [0.15, 0.2) is 22.6 Å². The zero-order valence-corrected chi connectivity index (χ0v) is 13.7. The number of anilines is 1. The molecule has 1 heterocycles. The Morgan fingerprint density at radius 2 is 2.23 bits per heavy atom. The molecule has 0 radical (unpaired) electrons. The molecule has 1 saturated carbocycles. The van der Waals surface area contributed by atoms with Crippen LogP contribution < -0.4 is 11.1 Å². The highest BCUT2D eigenvalue weighted by Crippen LogP contribution is 2.40. The van der Waals surface area contributed by atoms with Crippen LogP contribution in [-0.4, -0.2) is 16.9 Å². The van der Waals surface area contributed by atoms with Crippen LogP contribution in [0.1, 0.15) is 44.9 Å². The van der Waals surface area contributed by atoms with E-state index >= 15 is 0 Å². The summed E-state index contributed by atoms with van der Waals surface area (Å²) in [6.07, 6.45) is 3.18. The van der Waals surface area contributed by atoms with Gasteiger partial charge in [-0.3, -0.25) is 4.79 Å². The van der Waals surface area contributed by atoms with Gasteiger partial charge in [0.15, 0.2) is 11.5 Å². The number of fused-ring (bicyclic) bond motifs is 1. The molecule has 0 spiro atoms. The largest absolute Gasteiger partial charge is 0.440 e. The van der Waals surface area contributed by atoms with E-state index in [-0.39, 0.29) is 24.2 Å². The van der Waals surface area contributed by atoms with E-state index in [1.165, 1.54) is 0 Å². The van der Waals surface area contributed by atoms with Gasteiger partial charge in [0.1, 0.15) is 5.52 Å². The maximum Gasteiger partial charge on any atom is 0.241 e. The molecular weight excluding hydrogens is 302 g/mol. The van der Waals surface area contributed by atoms with Crippen molar-refractivity contribution in [2.24, 2.45) is 11.7 Å². The molecule has 6 heteroatoms. The number of carbonyl (C=O) groups is 1. The molecule has 0 bridgehead atoms. The zero-order valence-electron chi connectivity index (χ0n) is 12.8. The molecule has 5 nitrogen and oxygen atoms in total. The van der Waals surface area contributed by atoms with E-state index in [2.05, 4.69) is 10.3 Å². The summed E-state index contributed by atoms with van der Waals surface area (Å²) >= 11 is 0. The van der Waals surface area contributed by atoms with Crippen molar-refractivity contribution in [3.63, 3.8) is 0 Å². The smallest absolute Gasteiger partial charge is 0.241 e. The SMILES string of the molecule is CCC(C)C(N)C(=O)Nc1ccc2oc(C3CC3)nc2c1.Cl. The molecule has 1 amide bonds. The third kappa shape index (κ3) is 3.42. The van der Waals surface area contributed by atoms with Gasteiger partial charge in [0.2, 0.25) is 5.91 Å². The summed E-state index contributed by atoms with van der Waals surface area (Å²) in [7, 11) is 0. The minimum atomic E-state index is -0.495. The second-order valence-electron chi connectivity index (χ2n) is 5.91. The number of nitrogens with zero attached hydrogens (tertiary/aromatic N) is 1. The van der Waals surface area contributed by atoms with Crippen LogP contribution in [0.3, 0.4) is 0 Å². The van der Waals surface area contributed by atoms with Gasteiger partial charge in [-0.25, -0.2) is 4.98 Å². The molecule has 1 aromatic heterocycles. The lowest BCUT2D eigenvalue weighted by Gasteiger charge is -2.17. The van der Waals surface area contributed by atoms with Crippen LogP contribution in [0.2, 0.25) is 0 Å². The number of hydrogen-bond acceptors (Lipinski definition) is 4. The Balaban J connectivity index is 0.00000176. The van der Waals surface area contributed by atoms with Gasteiger partial charge in [0, 0.05) is 11.6 Å². The predicted molar refractivity (Wildman–Crippen MR) is 89.3 cm³/mol. The first kappa shape index (κ1) is 16.8. The first-order chi connectivity index (χ1) is 10.1. The highest BCUT2D eigenvalue weighted by molar-refractivity contribution is 5.96. The molecule has 120 valence electrons. The maximum atomic E-state index is 12.1. The van der Waals surface area contributed by atoms with Gasteiger partial charge < -0.3 is 15.5 Å². The second kappa shape index (κ2) is 6.67. The fourth-order valence-corrected chi connectivity index (χ4v) is 2.27. The fraction of sp³-hybridized carbons (Fsp3) is 0.500. The lowest BCUT2D eigenvalue weighted by Crippen LogP contribution is -2.40. The third-order valence-corrected chi connectivity index (χ3v) is 4.16. The first-order valence-electron chi connectivity index (χ1n) is 7.55. The fourth-order valence-electron chi connectivity index (χ4n) is 2.27. The minimum absolute atomic E-state index is 0. The first-order valence-corrected chi connectivity index (χ1v) is 7.55. The van der Waals surface area contributed by atoms with E-state index in [1.807, 2.05) is 32.0 Å². The Hall–Kier alpha value is -1.59. The van der Waals surface area contributed by atoms with Crippen molar-refractivity contribution in [2.45, 2.75) is 45.1 Å². The van der Waals surface area contributed by atoms with Crippen molar-refractivity contribution < 1.29 is 9.21 Å². The maximum absolute atomic E-state index is 12.1. The molecule has 3 rings (SSSR count). The Labute approximate surface area is 136 Å². The number of carbonyl (C=O) groups excluding carboxylic acids is 1. The van der Waals surface area contributed by atoms with E-state index in [0.717, 1.165) is 36.3 Å². The van der Waals surface area contributed by atoms with Crippen LogP contribution in [0.5, 0.6) is 0 Å². The highest BCUT2D eigenvalue weighted by atomic mass is 35.5. The number of hydrogen-bond donors (Lipinski definition) is 2. The van der Waals surface area contributed by atoms with Crippen molar-refractivity contribution >= 4 is 35.1 Å². The van der Waals surface area contributed by atoms with Gasteiger partial charge in [-0.05, 0) is 37.0 Å². The Kier molecular flexibility index (Phi) is 5.08. The number of benzene rings is 1. The number of amides is 1. The van der Waals surface area contributed by atoms with E-state index in [0.29, 0.717) is 11.6 Å². The molecule has 1 aromatic carbocycles. The predicted octanol–water partition coefficient (Wildman–Crippen LogP) is 3.44. The number of aromatic nitrogens is 1. The number of rotatable bonds is 5. The van der Waals surface area contributed by atoms with Crippen LogP contribution >= 0.6 is 12.4 Å². The number of oxazole rings is 1. The topological polar surface area (TPSA) is 81.2 Å². The highest BCUT2D eigenvalue weighted by Gasteiger charge is 2.29. The lowest BCUT2D eigenvalue weighted by atomic mass is 9.99. The molecule has 2 aromatic rings. The average molecular weight is 324 g/mol. The normalized spacial score (nSPS) is 16.9. The summed E-state index contributed by atoms with van der Waals surface area (Å²) in [5.74, 6) is 1.29. The van der Waals surface area contributed by atoms with Gasteiger partial charge in [-0.15, -0.1) is 12.4 Å². The van der Waals surface area contributed by atoms with Crippen LogP contribution in [-0.2, 0) is 4.79 Å². The van der Waals surface area contributed by atoms with E-state index < -0.39 is 6.04 Å². The van der Waals surface area contributed by atoms with Gasteiger partial charge in [0.05, 0.1) is 6.04 Å². The molecule has 1 aliphatic carbocycles. The number of nitrogens with one attached hydrogen (secondary N) is 1. The van der Waals surface area contributed by atoms with Crippen molar-refractivity contribution in [3.8, 4) is 0 Å². The van der Waals surface area contributed by atoms with Crippen molar-refractivity contribution in [1.29, 1.82) is 0 Å². The quantitative estimate of drug-likeness (QED) is 0.883. The summed E-state index contributed by atoms with van der Waals surface area (Å²) < 4.78 is 5.71. The molecule has 0 aliphatic heterocycles. The van der Waals surface area contributed by atoms with Crippen LogP contribution in [0, 0.1) is 5.92 Å². The molecular formula is C16H22ClN3O2. The monoisotopic (exact) mass is 323 g/mol. The lowest BCUT2D eigenvalue weighted by molar-refractivity contribution is -0.118. The standard InChI is InChI=1S/C16H21N3O2.ClH/c1-3-9(2)14(17)15(20)18-11-6-7-13-12(8-11)19-16(21-13)10-4-5-10;/h6-10,14H,3-5,17H2,1-2H3,(H,18,20);1H. The molecule has 22 heavy (non-hydrogen) atoms. The van der Waals surface area contributed by atoms with Crippen molar-refractivity contribution in [2.75, 3.05) is 5.32 Å². The summed E-state index contributed by atoms with van der Waals surface area (Å²) in [4.78, 5) is 16.6. The van der Waals surface area contributed by atoms with Crippen LogP contribution in [0.4, 0.5) is 5.69 Å². The summed E-state index contributed by atoms with van der Waals surface area (Å²) in [6, 6.07) is 5.01. The zero-order chi connectivity index (χ0) is 15.0. The Morgan fingerprint density at radius 3 is 2.86 bits per heavy atom. The minimum Gasteiger partial charge on any atom is -0.440 e. The molecule has 1 fully saturated rings. The second-order valence-corrected chi connectivity index (χ2v) is 5.91. The van der Waals surface area contributed by atoms with E-state index in [4.69, 9.17) is 10.2 Å². The van der Waals surface area contributed by atoms with E-state index in [9.17, 15) is 4.79 Å². The molecule has 3 N–H and O–H groups in total. The van der Waals surface area contributed by atoms with Gasteiger partial charge >= 0.3 is 0 Å². The molecule has 1 aliphatic rings. The number of nitrogens with two attached hydrogens (primary N) is 1. The Bertz CT molecular complexity index is 666. The van der Waals surface area contributed by atoms with Gasteiger partial charge in [0.25, 0.3) is 0 Å². The summed E-state index contributed by atoms with van der Waals surface area (Å²) in [5, 5.41) is 2.86.